The smallest absolute Gasteiger partial charge is 0.248 e. The zero-order valence-electron chi connectivity index (χ0n) is 9.14. The van der Waals surface area contributed by atoms with Crippen molar-refractivity contribution in [3.05, 3.63) is 41.3 Å². The minimum atomic E-state index is -0.674. The number of amides is 1. The number of aryl methyl sites for hydroxylation is 1. The van der Waals surface area contributed by atoms with Crippen LogP contribution in [-0.2, 0) is 0 Å². The fourth-order valence-corrected chi connectivity index (χ4v) is 1.44. The van der Waals surface area contributed by atoms with Crippen LogP contribution >= 0.6 is 0 Å². The number of hydrogen-bond acceptors (Lipinski definition) is 3. The van der Waals surface area contributed by atoms with Crippen molar-refractivity contribution in [2.24, 2.45) is 5.73 Å². The Hall–Kier alpha value is -2.37. The molecule has 1 heterocycles. The van der Waals surface area contributed by atoms with E-state index >= 15 is 0 Å². The van der Waals surface area contributed by atoms with Gasteiger partial charge in [-0.25, -0.2) is 9.07 Å². The van der Waals surface area contributed by atoms with Gasteiger partial charge in [0.25, 0.3) is 0 Å². The van der Waals surface area contributed by atoms with E-state index in [0.717, 1.165) is 11.6 Å². The fraction of sp³-hybridized carbons (Fsp3) is 0.0909. The van der Waals surface area contributed by atoms with E-state index in [1.807, 2.05) is 0 Å². The van der Waals surface area contributed by atoms with Crippen molar-refractivity contribution in [2.45, 2.75) is 6.92 Å². The van der Waals surface area contributed by atoms with Crippen LogP contribution in [0, 0.1) is 12.7 Å². The number of hydrogen-bond donors (Lipinski definition) is 2. The molecular formula is C11H11FN4O. The molecule has 2 aromatic rings. The highest BCUT2D eigenvalue weighted by Crippen LogP contribution is 2.17. The summed E-state index contributed by atoms with van der Waals surface area (Å²) in [6, 6.07) is 3.94. The molecule has 2 rings (SSSR count). The maximum absolute atomic E-state index is 13.7. The van der Waals surface area contributed by atoms with Crippen molar-refractivity contribution in [1.29, 1.82) is 0 Å². The Morgan fingerprint density at radius 2 is 2.18 bits per heavy atom. The molecule has 4 N–H and O–H groups in total. The largest absolute Gasteiger partial charge is 0.382 e. The molecule has 1 aromatic carbocycles. The maximum Gasteiger partial charge on any atom is 0.248 e. The topological polar surface area (TPSA) is 86.9 Å². The SMILES string of the molecule is Cc1cn(-c2ccc(C(N)=O)cc2F)nc1N. The van der Waals surface area contributed by atoms with Gasteiger partial charge in [0, 0.05) is 17.3 Å². The van der Waals surface area contributed by atoms with Gasteiger partial charge in [-0.2, -0.15) is 5.10 Å². The molecule has 0 radical (unpaired) electrons. The Labute approximate surface area is 96.8 Å². The van der Waals surface area contributed by atoms with Crippen LogP contribution in [-0.4, -0.2) is 15.7 Å². The predicted molar refractivity (Wildman–Crippen MR) is 61.2 cm³/mol. The van der Waals surface area contributed by atoms with Crippen LogP contribution in [0.2, 0.25) is 0 Å². The highest BCUT2D eigenvalue weighted by molar-refractivity contribution is 5.92. The van der Waals surface area contributed by atoms with Crippen LogP contribution in [0.3, 0.4) is 0 Å². The van der Waals surface area contributed by atoms with Crippen molar-refractivity contribution in [3.8, 4) is 5.69 Å². The Morgan fingerprint density at radius 3 is 2.65 bits per heavy atom. The molecule has 0 unspecified atom stereocenters. The van der Waals surface area contributed by atoms with Crippen LogP contribution < -0.4 is 11.5 Å². The Morgan fingerprint density at radius 1 is 1.47 bits per heavy atom. The molecule has 0 spiro atoms. The average Bonchev–Trinajstić information content (AvgIpc) is 2.58. The van der Waals surface area contributed by atoms with Crippen molar-refractivity contribution in [3.63, 3.8) is 0 Å². The first-order valence-electron chi connectivity index (χ1n) is 4.90. The van der Waals surface area contributed by atoms with Gasteiger partial charge in [-0.1, -0.05) is 0 Å². The summed E-state index contributed by atoms with van der Waals surface area (Å²) < 4.78 is 15.1. The number of benzene rings is 1. The lowest BCUT2D eigenvalue weighted by Gasteiger charge is -2.04. The number of aromatic nitrogens is 2. The second kappa shape index (κ2) is 3.89. The number of carbonyl (C=O) groups is 1. The Kier molecular flexibility index (Phi) is 2.55. The molecule has 0 atom stereocenters. The first kappa shape index (κ1) is 11.1. The first-order chi connectivity index (χ1) is 7.99. The van der Waals surface area contributed by atoms with Crippen LogP contribution in [0.5, 0.6) is 0 Å². The highest BCUT2D eigenvalue weighted by Gasteiger charge is 2.10. The lowest BCUT2D eigenvalue weighted by molar-refractivity contribution is 0.1000. The zero-order valence-corrected chi connectivity index (χ0v) is 9.14. The number of primary amides is 1. The highest BCUT2D eigenvalue weighted by atomic mass is 19.1. The predicted octanol–water partition coefficient (Wildman–Crippen LogP) is 1.00. The first-order valence-corrected chi connectivity index (χ1v) is 4.90. The Balaban J connectivity index is 2.50. The summed E-state index contributed by atoms with van der Waals surface area (Å²) >= 11 is 0. The third-order valence-electron chi connectivity index (χ3n) is 2.41. The maximum atomic E-state index is 13.7. The number of carbonyl (C=O) groups excluding carboxylic acids is 1. The second-order valence-electron chi connectivity index (χ2n) is 3.67. The van der Waals surface area contributed by atoms with Crippen LogP contribution in [0.1, 0.15) is 15.9 Å². The van der Waals surface area contributed by atoms with Gasteiger partial charge in [0.2, 0.25) is 5.91 Å². The quantitative estimate of drug-likeness (QED) is 0.812. The lowest BCUT2D eigenvalue weighted by Crippen LogP contribution is -2.12. The number of rotatable bonds is 2. The summed E-state index contributed by atoms with van der Waals surface area (Å²) in [6.07, 6.45) is 1.61. The van der Waals surface area contributed by atoms with Gasteiger partial charge < -0.3 is 11.5 Å². The second-order valence-corrected chi connectivity index (χ2v) is 3.67. The molecule has 1 amide bonds. The lowest BCUT2D eigenvalue weighted by atomic mass is 10.2. The van der Waals surface area contributed by atoms with Crippen molar-refractivity contribution in [2.75, 3.05) is 5.73 Å². The standard InChI is InChI=1S/C11H11FN4O/c1-6-5-16(15-10(6)13)9-3-2-7(11(14)17)4-8(9)12/h2-5H,1H3,(H2,13,15)(H2,14,17). The molecule has 0 aliphatic heterocycles. The van der Waals surface area contributed by atoms with Gasteiger partial charge in [-0.3, -0.25) is 4.79 Å². The Bertz CT molecular complexity index is 572. The van der Waals surface area contributed by atoms with Gasteiger partial charge in [-0.05, 0) is 25.1 Å². The number of halogens is 1. The van der Waals surface area contributed by atoms with E-state index in [1.54, 1.807) is 13.1 Å². The molecule has 0 saturated heterocycles. The monoisotopic (exact) mass is 234 g/mol. The third-order valence-corrected chi connectivity index (χ3v) is 2.41. The number of nitrogens with zero attached hydrogens (tertiary/aromatic N) is 2. The van der Waals surface area contributed by atoms with E-state index in [2.05, 4.69) is 5.10 Å². The van der Waals surface area contributed by atoms with E-state index < -0.39 is 11.7 Å². The van der Waals surface area contributed by atoms with Gasteiger partial charge in [-0.15, -0.1) is 0 Å². The number of nitrogens with two attached hydrogens (primary N) is 2. The molecular weight excluding hydrogens is 223 g/mol. The van der Waals surface area contributed by atoms with Crippen LogP contribution in [0.4, 0.5) is 10.2 Å². The molecule has 0 aliphatic carbocycles. The molecule has 5 nitrogen and oxygen atoms in total. The molecule has 0 fully saturated rings. The van der Waals surface area contributed by atoms with Crippen LogP contribution in [0.15, 0.2) is 24.4 Å². The van der Waals surface area contributed by atoms with Gasteiger partial charge in [0.15, 0.2) is 0 Å². The summed E-state index contributed by atoms with van der Waals surface area (Å²) in [6.45, 7) is 1.77. The summed E-state index contributed by atoms with van der Waals surface area (Å²) in [4.78, 5) is 10.9. The number of nitrogen functional groups attached to an aromatic ring is 1. The molecule has 1 aromatic heterocycles. The molecule has 88 valence electrons. The van der Waals surface area contributed by atoms with E-state index in [1.165, 1.54) is 16.8 Å². The van der Waals surface area contributed by atoms with E-state index in [0.29, 0.717) is 5.82 Å². The van der Waals surface area contributed by atoms with Crippen molar-refractivity contribution in [1.82, 2.24) is 9.78 Å². The zero-order chi connectivity index (χ0) is 12.6. The van der Waals surface area contributed by atoms with Gasteiger partial charge in [0.05, 0.1) is 0 Å². The minimum Gasteiger partial charge on any atom is -0.382 e. The average molecular weight is 234 g/mol. The summed E-state index contributed by atoms with van der Waals surface area (Å²) in [7, 11) is 0. The van der Waals surface area contributed by atoms with E-state index in [-0.39, 0.29) is 11.3 Å². The summed E-state index contributed by atoms with van der Waals surface area (Å²) in [5.74, 6) is -0.918. The summed E-state index contributed by atoms with van der Waals surface area (Å²) in [5, 5.41) is 3.95. The molecule has 0 saturated carbocycles. The van der Waals surface area contributed by atoms with E-state index in [4.69, 9.17) is 11.5 Å². The summed E-state index contributed by atoms with van der Waals surface area (Å²) in [5.41, 5.74) is 11.7. The normalized spacial score (nSPS) is 10.5. The van der Waals surface area contributed by atoms with Gasteiger partial charge >= 0.3 is 0 Å². The van der Waals surface area contributed by atoms with Crippen molar-refractivity contribution < 1.29 is 9.18 Å². The molecule has 0 aliphatic rings. The number of anilines is 1. The third kappa shape index (κ3) is 1.96. The fourth-order valence-electron chi connectivity index (χ4n) is 1.44. The molecule has 17 heavy (non-hydrogen) atoms. The van der Waals surface area contributed by atoms with Crippen molar-refractivity contribution >= 4 is 11.7 Å². The molecule has 6 heteroatoms. The van der Waals surface area contributed by atoms with Gasteiger partial charge in [0.1, 0.15) is 17.3 Å². The minimum absolute atomic E-state index is 0.114. The van der Waals surface area contributed by atoms with Crippen LogP contribution in [0.25, 0.3) is 5.69 Å². The molecule has 0 bridgehead atoms. The van der Waals surface area contributed by atoms with E-state index in [9.17, 15) is 9.18 Å².